The Kier molecular flexibility index (Phi) is 4.00. The number of nitrogens with one attached hydrogen (secondary N) is 2. The van der Waals surface area contributed by atoms with E-state index in [1.165, 1.54) is 19.4 Å². The number of hydrogen-bond acceptors (Lipinski definition) is 5. The average molecular weight is 334 g/mol. The minimum absolute atomic E-state index is 0.153. The van der Waals surface area contributed by atoms with E-state index in [4.69, 9.17) is 20.8 Å². The highest BCUT2D eigenvalue weighted by Gasteiger charge is 2.13. The summed E-state index contributed by atoms with van der Waals surface area (Å²) in [5.41, 5.74) is 1.40. The highest BCUT2D eigenvalue weighted by Crippen LogP contribution is 2.31. The fourth-order valence-corrected chi connectivity index (χ4v) is 2.56. The third-order valence-corrected chi connectivity index (χ3v) is 3.69. The summed E-state index contributed by atoms with van der Waals surface area (Å²) in [6.45, 7) is 3.96. The molecule has 0 bridgehead atoms. The summed E-state index contributed by atoms with van der Waals surface area (Å²) in [6, 6.07) is 5.41. The van der Waals surface area contributed by atoms with Crippen molar-refractivity contribution >= 4 is 28.5 Å². The number of benzene rings is 1. The predicted molar refractivity (Wildman–Crippen MR) is 90.4 cm³/mol. The quantitative estimate of drug-likeness (QED) is 0.761. The standard InChI is InChI=1S/C16H16ClN3O3/c1-8(2)18-16-20-11(7-23-16)10-6-12(21)9-4-5-13(22-3)14(17)15(9)19-10/h4-8H,1-3H3,(H,18,20)(H,19,21). The van der Waals surface area contributed by atoms with E-state index in [0.717, 1.165) is 0 Å². The minimum atomic E-state index is -0.153. The van der Waals surface area contributed by atoms with Crippen LogP contribution in [0.5, 0.6) is 5.75 Å². The van der Waals surface area contributed by atoms with E-state index >= 15 is 0 Å². The fourth-order valence-electron chi connectivity index (χ4n) is 2.27. The van der Waals surface area contributed by atoms with Crippen molar-refractivity contribution in [3.63, 3.8) is 0 Å². The van der Waals surface area contributed by atoms with Crippen LogP contribution in [0.15, 0.2) is 33.7 Å². The van der Waals surface area contributed by atoms with Crippen LogP contribution in [-0.2, 0) is 0 Å². The van der Waals surface area contributed by atoms with E-state index in [1.54, 1.807) is 12.1 Å². The van der Waals surface area contributed by atoms with E-state index < -0.39 is 0 Å². The maximum atomic E-state index is 12.3. The smallest absolute Gasteiger partial charge is 0.295 e. The van der Waals surface area contributed by atoms with Gasteiger partial charge in [-0.25, -0.2) is 0 Å². The van der Waals surface area contributed by atoms with Crippen LogP contribution in [0.1, 0.15) is 13.8 Å². The number of fused-ring (bicyclic) bond motifs is 1. The van der Waals surface area contributed by atoms with Crippen molar-refractivity contribution in [1.82, 2.24) is 9.97 Å². The van der Waals surface area contributed by atoms with Crippen LogP contribution < -0.4 is 15.5 Å². The third kappa shape index (κ3) is 2.90. The zero-order chi connectivity index (χ0) is 16.6. The molecule has 2 heterocycles. The Morgan fingerprint density at radius 2 is 2.17 bits per heavy atom. The molecule has 0 saturated carbocycles. The molecule has 6 nitrogen and oxygen atoms in total. The van der Waals surface area contributed by atoms with Crippen LogP contribution >= 0.6 is 11.6 Å². The molecule has 0 aliphatic heterocycles. The lowest BCUT2D eigenvalue weighted by molar-refractivity contribution is 0.415. The molecule has 0 spiro atoms. The van der Waals surface area contributed by atoms with E-state index in [1.807, 2.05) is 13.8 Å². The third-order valence-electron chi connectivity index (χ3n) is 3.32. The van der Waals surface area contributed by atoms with Gasteiger partial charge in [-0.2, -0.15) is 4.98 Å². The number of oxazole rings is 1. The molecule has 23 heavy (non-hydrogen) atoms. The Labute approximate surface area is 137 Å². The first-order chi connectivity index (χ1) is 11.0. The number of halogens is 1. The molecule has 0 fully saturated rings. The number of anilines is 1. The van der Waals surface area contributed by atoms with Crippen molar-refractivity contribution in [3.05, 3.63) is 39.7 Å². The molecule has 0 aliphatic rings. The highest BCUT2D eigenvalue weighted by molar-refractivity contribution is 6.36. The molecule has 0 aliphatic carbocycles. The Balaban J connectivity index is 2.13. The Hall–Kier alpha value is -2.47. The van der Waals surface area contributed by atoms with Gasteiger partial charge in [0.05, 0.1) is 18.3 Å². The van der Waals surface area contributed by atoms with E-state index in [2.05, 4.69) is 15.3 Å². The first kappa shape index (κ1) is 15.4. The monoisotopic (exact) mass is 333 g/mol. The minimum Gasteiger partial charge on any atom is -0.495 e. The van der Waals surface area contributed by atoms with Gasteiger partial charge in [-0.3, -0.25) is 4.79 Å². The van der Waals surface area contributed by atoms with Gasteiger partial charge >= 0.3 is 0 Å². The largest absolute Gasteiger partial charge is 0.495 e. The zero-order valence-corrected chi connectivity index (χ0v) is 13.7. The van der Waals surface area contributed by atoms with Gasteiger partial charge in [0.25, 0.3) is 6.01 Å². The van der Waals surface area contributed by atoms with Gasteiger partial charge in [0, 0.05) is 17.5 Å². The summed E-state index contributed by atoms with van der Waals surface area (Å²) in [7, 11) is 1.52. The van der Waals surface area contributed by atoms with E-state index in [0.29, 0.717) is 39.1 Å². The summed E-state index contributed by atoms with van der Waals surface area (Å²) in [5.74, 6) is 0.495. The molecule has 0 saturated heterocycles. The molecular weight excluding hydrogens is 318 g/mol. The van der Waals surface area contributed by atoms with Gasteiger partial charge in [0.15, 0.2) is 5.43 Å². The number of aromatic amines is 1. The summed E-state index contributed by atoms with van der Waals surface area (Å²) < 4.78 is 10.5. The number of nitrogens with zero attached hydrogens (tertiary/aromatic N) is 1. The van der Waals surface area contributed by atoms with Crippen LogP contribution in [0.4, 0.5) is 6.01 Å². The first-order valence-electron chi connectivity index (χ1n) is 7.11. The zero-order valence-electron chi connectivity index (χ0n) is 12.9. The molecule has 3 aromatic rings. The van der Waals surface area contributed by atoms with Crippen LogP contribution in [0, 0.1) is 0 Å². The number of pyridine rings is 1. The maximum Gasteiger partial charge on any atom is 0.295 e. The van der Waals surface area contributed by atoms with Crippen molar-refractivity contribution in [2.75, 3.05) is 12.4 Å². The van der Waals surface area contributed by atoms with Crippen LogP contribution in [0.25, 0.3) is 22.3 Å². The van der Waals surface area contributed by atoms with Crippen molar-refractivity contribution < 1.29 is 9.15 Å². The average Bonchev–Trinajstić information content (AvgIpc) is 2.96. The lowest BCUT2D eigenvalue weighted by atomic mass is 10.1. The summed E-state index contributed by atoms with van der Waals surface area (Å²) >= 11 is 6.30. The molecule has 2 aromatic heterocycles. The van der Waals surface area contributed by atoms with Gasteiger partial charge < -0.3 is 19.5 Å². The molecule has 0 amide bonds. The van der Waals surface area contributed by atoms with Gasteiger partial charge in [-0.15, -0.1) is 0 Å². The topological polar surface area (TPSA) is 80.2 Å². The molecule has 1 aromatic carbocycles. The SMILES string of the molecule is COc1ccc2c(=O)cc(-c3coc(NC(C)C)n3)[nH]c2c1Cl. The maximum absolute atomic E-state index is 12.3. The summed E-state index contributed by atoms with van der Waals surface area (Å²) in [6.07, 6.45) is 1.48. The number of methoxy groups -OCH3 is 1. The normalized spacial score (nSPS) is 11.2. The highest BCUT2D eigenvalue weighted by atomic mass is 35.5. The Morgan fingerprint density at radius 3 is 2.87 bits per heavy atom. The second-order valence-electron chi connectivity index (χ2n) is 5.39. The molecule has 0 unspecified atom stereocenters. The van der Waals surface area contributed by atoms with Crippen LogP contribution in [-0.4, -0.2) is 23.1 Å². The van der Waals surface area contributed by atoms with Gasteiger partial charge in [0.1, 0.15) is 22.7 Å². The molecule has 7 heteroatoms. The molecule has 0 atom stereocenters. The van der Waals surface area contributed by atoms with Crippen LogP contribution in [0.3, 0.4) is 0 Å². The van der Waals surface area contributed by atoms with Crippen molar-refractivity contribution in [2.24, 2.45) is 0 Å². The first-order valence-corrected chi connectivity index (χ1v) is 7.49. The Morgan fingerprint density at radius 1 is 1.39 bits per heavy atom. The van der Waals surface area contributed by atoms with Gasteiger partial charge in [0.2, 0.25) is 0 Å². The van der Waals surface area contributed by atoms with E-state index in [9.17, 15) is 4.79 Å². The predicted octanol–water partition coefficient (Wildman–Crippen LogP) is 3.67. The molecular formula is C16H16ClN3O3. The second-order valence-corrected chi connectivity index (χ2v) is 5.77. The Bertz CT molecular complexity index is 915. The van der Waals surface area contributed by atoms with Crippen molar-refractivity contribution in [3.8, 4) is 17.1 Å². The van der Waals surface area contributed by atoms with E-state index in [-0.39, 0.29) is 11.5 Å². The number of rotatable bonds is 4. The lowest BCUT2D eigenvalue weighted by Crippen LogP contribution is -2.09. The second kappa shape index (κ2) is 5.96. The number of hydrogen-bond donors (Lipinski definition) is 2. The molecule has 3 rings (SSSR count). The van der Waals surface area contributed by atoms with Crippen molar-refractivity contribution in [2.45, 2.75) is 19.9 Å². The fraction of sp³-hybridized carbons (Fsp3) is 0.250. The van der Waals surface area contributed by atoms with Crippen LogP contribution in [0.2, 0.25) is 5.02 Å². The number of ether oxygens (including phenoxy) is 1. The van der Waals surface area contributed by atoms with Gasteiger partial charge in [-0.05, 0) is 26.0 Å². The summed E-state index contributed by atoms with van der Waals surface area (Å²) in [5, 5.41) is 3.90. The molecule has 0 radical (unpaired) electrons. The lowest BCUT2D eigenvalue weighted by Gasteiger charge is -2.07. The van der Waals surface area contributed by atoms with Crippen molar-refractivity contribution in [1.29, 1.82) is 0 Å². The number of H-pyrrole nitrogens is 1. The van der Waals surface area contributed by atoms with Gasteiger partial charge in [-0.1, -0.05) is 11.6 Å². The summed E-state index contributed by atoms with van der Waals surface area (Å²) in [4.78, 5) is 19.8. The molecule has 120 valence electrons. The number of aromatic nitrogens is 2. The molecule has 2 N–H and O–H groups in total.